The number of hydrogen-bond acceptors (Lipinski definition) is 8. The zero-order valence-electron chi connectivity index (χ0n) is 13.6. The standard InChI is InChI=1S/C15H17BN6OS/c1-8-9(6-18-14(17)19-8)11-13-12(10(16)7-24-13)21-15(20-11)22-2-4-23-5-3-22/h6-7H,2-5,16H2,1H3,(H2,17,18,19). The number of thiophene rings is 1. The predicted molar refractivity (Wildman–Crippen MR) is 98.8 cm³/mol. The lowest BCUT2D eigenvalue weighted by Crippen LogP contribution is -2.37. The number of fused-ring (bicyclic) bond motifs is 1. The van der Waals surface area contributed by atoms with E-state index in [2.05, 4.69) is 28.1 Å². The first-order valence-electron chi connectivity index (χ1n) is 7.81. The Balaban J connectivity index is 1.92. The second-order valence-electron chi connectivity index (χ2n) is 5.80. The fraction of sp³-hybridized carbons (Fsp3) is 0.333. The summed E-state index contributed by atoms with van der Waals surface area (Å²) in [7, 11) is 2.07. The highest BCUT2D eigenvalue weighted by atomic mass is 32.1. The number of aromatic nitrogens is 4. The molecule has 7 nitrogen and oxygen atoms in total. The van der Waals surface area contributed by atoms with E-state index < -0.39 is 0 Å². The second-order valence-corrected chi connectivity index (χ2v) is 6.68. The van der Waals surface area contributed by atoms with Crippen LogP contribution in [0.2, 0.25) is 0 Å². The molecule has 1 aliphatic heterocycles. The third-order valence-electron chi connectivity index (χ3n) is 4.13. The average molecular weight is 340 g/mol. The van der Waals surface area contributed by atoms with Gasteiger partial charge in [-0.2, -0.15) is 0 Å². The van der Waals surface area contributed by atoms with Crippen molar-refractivity contribution in [2.45, 2.75) is 6.92 Å². The first-order chi connectivity index (χ1) is 11.6. The number of hydrogen-bond donors (Lipinski definition) is 1. The molecule has 0 atom stereocenters. The van der Waals surface area contributed by atoms with Gasteiger partial charge in [-0.15, -0.1) is 11.3 Å². The lowest BCUT2D eigenvalue weighted by molar-refractivity contribution is 0.122. The number of aryl methyl sites for hydroxylation is 1. The van der Waals surface area contributed by atoms with Gasteiger partial charge < -0.3 is 15.4 Å². The molecule has 9 heteroatoms. The van der Waals surface area contributed by atoms with Crippen molar-refractivity contribution >= 4 is 46.8 Å². The molecule has 0 aromatic carbocycles. The third kappa shape index (κ3) is 2.59. The Hall–Kier alpha value is -2.26. The van der Waals surface area contributed by atoms with Crippen LogP contribution in [0.4, 0.5) is 11.9 Å². The van der Waals surface area contributed by atoms with E-state index in [1.807, 2.05) is 6.92 Å². The number of nitrogen functional groups attached to an aromatic ring is 1. The zero-order chi connectivity index (χ0) is 16.7. The fourth-order valence-electron chi connectivity index (χ4n) is 2.83. The van der Waals surface area contributed by atoms with Crippen LogP contribution in [0.1, 0.15) is 5.69 Å². The molecule has 0 aliphatic carbocycles. The van der Waals surface area contributed by atoms with Crippen LogP contribution in [0.5, 0.6) is 0 Å². The molecule has 0 radical (unpaired) electrons. The normalized spacial score (nSPS) is 15.1. The maximum absolute atomic E-state index is 5.69. The SMILES string of the molecule is Bc1csc2c(-c3cnc(N)nc3C)nc(N3CCOCC3)nc12. The smallest absolute Gasteiger partial charge is 0.226 e. The second kappa shape index (κ2) is 5.99. The van der Waals surface area contributed by atoms with Gasteiger partial charge in [0.05, 0.1) is 34.8 Å². The summed E-state index contributed by atoms with van der Waals surface area (Å²) in [5.74, 6) is 1.01. The largest absolute Gasteiger partial charge is 0.378 e. The Morgan fingerprint density at radius 1 is 1.25 bits per heavy atom. The molecule has 0 saturated carbocycles. The number of nitrogens with two attached hydrogens (primary N) is 1. The van der Waals surface area contributed by atoms with E-state index >= 15 is 0 Å². The number of morpholine rings is 1. The van der Waals surface area contributed by atoms with Gasteiger partial charge in [0.15, 0.2) is 0 Å². The minimum atomic E-state index is 0.275. The Morgan fingerprint density at radius 3 is 2.79 bits per heavy atom. The van der Waals surface area contributed by atoms with Crippen molar-refractivity contribution in [2.75, 3.05) is 36.9 Å². The molecule has 1 saturated heterocycles. The zero-order valence-corrected chi connectivity index (χ0v) is 14.4. The highest BCUT2D eigenvalue weighted by Crippen LogP contribution is 2.32. The molecule has 3 aromatic rings. The highest BCUT2D eigenvalue weighted by molar-refractivity contribution is 7.18. The Kier molecular flexibility index (Phi) is 3.81. The van der Waals surface area contributed by atoms with Crippen LogP contribution in [0, 0.1) is 6.92 Å². The molecule has 2 N–H and O–H groups in total. The average Bonchev–Trinajstić information content (AvgIpc) is 2.96. The first-order valence-corrected chi connectivity index (χ1v) is 8.69. The van der Waals surface area contributed by atoms with Gasteiger partial charge in [0, 0.05) is 24.8 Å². The molecular formula is C15H17BN6OS. The third-order valence-corrected chi connectivity index (χ3v) is 5.22. The molecule has 0 amide bonds. The van der Waals surface area contributed by atoms with Gasteiger partial charge in [-0.3, -0.25) is 0 Å². The van der Waals surface area contributed by atoms with Crippen molar-refractivity contribution in [1.29, 1.82) is 0 Å². The minimum absolute atomic E-state index is 0.275. The van der Waals surface area contributed by atoms with E-state index in [4.69, 9.17) is 20.4 Å². The minimum Gasteiger partial charge on any atom is -0.378 e. The Labute approximate surface area is 144 Å². The molecule has 24 heavy (non-hydrogen) atoms. The van der Waals surface area contributed by atoms with E-state index in [-0.39, 0.29) is 5.95 Å². The van der Waals surface area contributed by atoms with Crippen molar-refractivity contribution in [1.82, 2.24) is 19.9 Å². The molecule has 1 fully saturated rings. The van der Waals surface area contributed by atoms with E-state index in [9.17, 15) is 0 Å². The molecule has 0 unspecified atom stereocenters. The maximum atomic E-state index is 5.69. The van der Waals surface area contributed by atoms with Crippen molar-refractivity contribution in [2.24, 2.45) is 0 Å². The van der Waals surface area contributed by atoms with Crippen LogP contribution in [0.3, 0.4) is 0 Å². The summed E-state index contributed by atoms with van der Waals surface area (Å²) >= 11 is 1.65. The summed E-state index contributed by atoms with van der Waals surface area (Å²) in [6.45, 7) is 4.92. The summed E-state index contributed by atoms with van der Waals surface area (Å²) in [5.41, 5.74) is 10.4. The van der Waals surface area contributed by atoms with Crippen LogP contribution in [0.25, 0.3) is 21.5 Å². The maximum Gasteiger partial charge on any atom is 0.226 e. The predicted octanol–water partition coefficient (Wildman–Crippen LogP) is 0.134. The molecule has 4 rings (SSSR count). The van der Waals surface area contributed by atoms with Crippen LogP contribution < -0.4 is 16.1 Å². The van der Waals surface area contributed by atoms with Crippen LogP contribution in [0.15, 0.2) is 11.6 Å². The summed E-state index contributed by atoms with van der Waals surface area (Å²) in [6, 6.07) is 0. The lowest BCUT2D eigenvalue weighted by atomic mass is 9.98. The van der Waals surface area contributed by atoms with Crippen LogP contribution in [-0.4, -0.2) is 54.1 Å². The van der Waals surface area contributed by atoms with Gasteiger partial charge in [-0.05, 0) is 12.3 Å². The van der Waals surface area contributed by atoms with Crippen molar-refractivity contribution in [3.05, 3.63) is 17.3 Å². The van der Waals surface area contributed by atoms with Gasteiger partial charge in [-0.25, -0.2) is 19.9 Å². The van der Waals surface area contributed by atoms with Crippen LogP contribution in [-0.2, 0) is 4.74 Å². The lowest BCUT2D eigenvalue weighted by Gasteiger charge is -2.27. The van der Waals surface area contributed by atoms with Gasteiger partial charge in [0.2, 0.25) is 11.9 Å². The van der Waals surface area contributed by atoms with E-state index in [1.54, 1.807) is 17.5 Å². The van der Waals surface area contributed by atoms with Crippen molar-refractivity contribution in [3.63, 3.8) is 0 Å². The molecule has 0 spiro atoms. The molecule has 4 heterocycles. The van der Waals surface area contributed by atoms with Gasteiger partial charge >= 0.3 is 0 Å². The Morgan fingerprint density at radius 2 is 2.04 bits per heavy atom. The molecule has 122 valence electrons. The summed E-state index contributed by atoms with van der Waals surface area (Å²) < 4.78 is 6.49. The van der Waals surface area contributed by atoms with Gasteiger partial charge in [-0.1, -0.05) is 5.46 Å². The fourth-order valence-corrected chi connectivity index (χ4v) is 3.82. The molecular weight excluding hydrogens is 323 g/mol. The summed E-state index contributed by atoms with van der Waals surface area (Å²) in [4.78, 5) is 20.2. The van der Waals surface area contributed by atoms with Crippen molar-refractivity contribution < 1.29 is 4.74 Å². The highest BCUT2D eigenvalue weighted by Gasteiger charge is 2.20. The summed E-state index contributed by atoms with van der Waals surface area (Å²) in [5, 5.41) is 2.11. The molecule has 0 bridgehead atoms. The quantitative estimate of drug-likeness (QED) is 0.664. The number of anilines is 2. The number of ether oxygens (including phenoxy) is 1. The summed E-state index contributed by atoms with van der Waals surface area (Å²) in [6.07, 6.45) is 1.75. The van der Waals surface area contributed by atoms with Gasteiger partial charge in [0.1, 0.15) is 7.85 Å². The Bertz CT molecular complexity index is 908. The molecule has 1 aliphatic rings. The van der Waals surface area contributed by atoms with E-state index in [0.717, 1.165) is 51.7 Å². The van der Waals surface area contributed by atoms with Gasteiger partial charge in [0.25, 0.3) is 0 Å². The first kappa shape index (κ1) is 15.3. The number of nitrogens with zero attached hydrogens (tertiary/aromatic N) is 5. The topological polar surface area (TPSA) is 90.0 Å². The van der Waals surface area contributed by atoms with E-state index in [0.29, 0.717) is 13.2 Å². The number of rotatable bonds is 2. The van der Waals surface area contributed by atoms with E-state index in [1.165, 1.54) is 0 Å². The monoisotopic (exact) mass is 340 g/mol. The van der Waals surface area contributed by atoms with Crippen LogP contribution >= 0.6 is 11.3 Å². The van der Waals surface area contributed by atoms with Crippen molar-refractivity contribution in [3.8, 4) is 11.3 Å². The molecule has 3 aromatic heterocycles.